The lowest BCUT2D eigenvalue weighted by Gasteiger charge is -2.27. The fourth-order valence-electron chi connectivity index (χ4n) is 3.44. The van der Waals surface area contributed by atoms with Gasteiger partial charge in [-0.05, 0) is 18.6 Å². The zero-order chi connectivity index (χ0) is 24.7. The summed E-state index contributed by atoms with van der Waals surface area (Å²) >= 11 is 0. The number of rotatable bonds is 11. The van der Waals surface area contributed by atoms with Gasteiger partial charge in [0.2, 0.25) is 11.8 Å². The van der Waals surface area contributed by atoms with Crippen molar-refractivity contribution < 1.29 is 43.0 Å². The highest BCUT2D eigenvalue weighted by Gasteiger charge is 2.46. The molecule has 1 saturated heterocycles. The number of nitrogens with zero attached hydrogens (tertiary/aromatic N) is 1. The number of nitrogens with two attached hydrogens (primary N) is 1. The highest BCUT2D eigenvalue weighted by Crippen LogP contribution is 2.33. The monoisotopic (exact) mass is 476 g/mol. The Hall–Kier alpha value is -3.84. The number of piperidine rings is 1. The molecule has 13 heteroatoms. The Morgan fingerprint density at radius 1 is 1.12 bits per heavy atom. The number of ether oxygens (including phenoxy) is 3. The van der Waals surface area contributed by atoms with Crippen molar-refractivity contribution in [2.24, 2.45) is 5.73 Å². The van der Waals surface area contributed by atoms with E-state index in [2.05, 4.69) is 10.6 Å². The van der Waals surface area contributed by atoms with Crippen molar-refractivity contribution in [3.8, 4) is 5.75 Å². The van der Waals surface area contributed by atoms with E-state index in [1.165, 1.54) is 18.2 Å². The maximum atomic E-state index is 13.0. The molecule has 4 N–H and O–H groups in total. The number of esters is 1. The lowest BCUT2D eigenvalue weighted by molar-refractivity contribution is -0.143. The van der Waals surface area contributed by atoms with E-state index >= 15 is 0 Å². The van der Waals surface area contributed by atoms with E-state index in [1.54, 1.807) is 0 Å². The van der Waals surface area contributed by atoms with Gasteiger partial charge in [-0.1, -0.05) is 6.07 Å². The van der Waals surface area contributed by atoms with Crippen LogP contribution in [0.5, 0.6) is 5.75 Å². The van der Waals surface area contributed by atoms with E-state index in [0.717, 1.165) is 4.90 Å². The summed E-state index contributed by atoms with van der Waals surface area (Å²) in [5.74, 6) is -3.58. The zero-order valence-corrected chi connectivity index (χ0v) is 18.2. The van der Waals surface area contributed by atoms with Crippen molar-refractivity contribution in [2.45, 2.75) is 18.9 Å². The largest absolute Gasteiger partial charge is 0.483 e. The van der Waals surface area contributed by atoms with Gasteiger partial charge in [0.25, 0.3) is 17.7 Å². The van der Waals surface area contributed by atoms with Crippen LogP contribution in [0.4, 0.5) is 0 Å². The van der Waals surface area contributed by atoms with Crippen molar-refractivity contribution in [1.82, 2.24) is 15.5 Å². The molecule has 1 fully saturated rings. The molecule has 0 aromatic heterocycles. The summed E-state index contributed by atoms with van der Waals surface area (Å²) < 4.78 is 15.4. The summed E-state index contributed by atoms with van der Waals surface area (Å²) in [4.78, 5) is 73.0. The molecule has 2 aliphatic heterocycles. The number of hydrogen-bond donors (Lipinski definition) is 3. The Kier molecular flexibility index (Phi) is 8.27. The molecule has 1 unspecified atom stereocenters. The summed E-state index contributed by atoms with van der Waals surface area (Å²) in [6, 6.07) is 3.27. The molecular weight excluding hydrogens is 452 g/mol. The number of benzene rings is 1. The average Bonchev–Trinajstić information content (AvgIpc) is 3.07. The third-order valence-electron chi connectivity index (χ3n) is 5.01. The second kappa shape index (κ2) is 11.3. The minimum absolute atomic E-state index is 0.00982. The average molecular weight is 476 g/mol. The molecule has 34 heavy (non-hydrogen) atoms. The second-order valence-electron chi connectivity index (χ2n) is 7.30. The Morgan fingerprint density at radius 2 is 1.91 bits per heavy atom. The van der Waals surface area contributed by atoms with Crippen LogP contribution in [-0.4, -0.2) is 86.0 Å². The first-order valence-electron chi connectivity index (χ1n) is 10.5. The van der Waals surface area contributed by atoms with Crippen LogP contribution < -0.4 is 21.1 Å². The van der Waals surface area contributed by atoms with Crippen molar-refractivity contribution in [3.63, 3.8) is 0 Å². The van der Waals surface area contributed by atoms with Crippen LogP contribution in [0.3, 0.4) is 0 Å². The van der Waals surface area contributed by atoms with Gasteiger partial charge in [0.05, 0.1) is 30.9 Å². The maximum absolute atomic E-state index is 13.0. The van der Waals surface area contributed by atoms with Gasteiger partial charge >= 0.3 is 5.97 Å². The Labute approximate surface area is 193 Å². The fourth-order valence-corrected chi connectivity index (χ4v) is 3.44. The van der Waals surface area contributed by atoms with Crippen LogP contribution in [0.25, 0.3) is 0 Å². The minimum Gasteiger partial charge on any atom is -0.483 e. The molecular formula is C21H24N4O9. The van der Waals surface area contributed by atoms with Crippen LogP contribution in [0, 0.1) is 0 Å². The molecule has 1 aromatic carbocycles. The highest BCUT2D eigenvalue weighted by molar-refractivity contribution is 6.24. The van der Waals surface area contributed by atoms with Crippen molar-refractivity contribution in [3.05, 3.63) is 29.3 Å². The van der Waals surface area contributed by atoms with Crippen LogP contribution in [0.2, 0.25) is 0 Å². The summed E-state index contributed by atoms with van der Waals surface area (Å²) in [5, 5.41) is 4.68. The smallest absolute Gasteiger partial charge is 0.319 e. The predicted molar refractivity (Wildman–Crippen MR) is 112 cm³/mol. The first-order valence-corrected chi connectivity index (χ1v) is 10.5. The van der Waals surface area contributed by atoms with Gasteiger partial charge in [0.1, 0.15) is 18.4 Å². The molecule has 0 bridgehead atoms. The molecule has 2 aliphatic rings. The quantitative estimate of drug-likeness (QED) is 0.185. The first kappa shape index (κ1) is 24.8. The van der Waals surface area contributed by atoms with E-state index in [-0.39, 0.29) is 62.6 Å². The number of hydrogen-bond acceptors (Lipinski definition) is 10. The minimum atomic E-state index is -1.10. The van der Waals surface area contributed by atoms with Gasteiger partial charge in [-0.25, -0.2) is 0 Å². The standard InChI is InChI=1S/C21H24N4O9/c22-10-17(28)33-9-8-32-7-6-23-16(27)11-34-14-3-1-2-12-18(14)21(31)25(20(12)30)13-4-5-15(26)24-19(13)29/h1-3,13H,4-11,22H2,(H,23,27)(H,24,26,29). The number of carbonyl (C=O) groups excluding carboxylic acids is 6. The summed E-state index contributed by atoms with van der Waals surface area (Å²) in [7, 11) is 0. The van der Waals surface area contributed by atoms with Crippen molar-refractivity contribution in [2.75, 3.05) is 39.5 Å². The van der Waals surface area contributed by atoms with Gasteiger partial charge in [0.15, 0.2) is 6.61 Å². The molecule has 1 atom stereocenters. The van der Waals surface area contributed by atoms with Gasteiger partial charge in [0, 0.05) is 13.0 Å². The molecule has 0 saturated carbocycles. The van der Waals surface area contributed by atoms with E-state index < -0.39 is 48.2 Å². The van der Waals surface area contributed by atoms with Gasteiger partial charge in [-0.2, -0.15) is 0 Å². The molecule has 182 valence electrons. The lowest BCUT2D eigenvalue weighted by Crippen LogP contribution is -2.54. The molecule has 5 amide bonds. The third kappa shape index (κ3) is 5.74. The molecule has 3 rings (SSSR count). The maximum Gasteiger partial charge on any atom is 0.319 e. The molecule has 13 nitrogen and oxygen atoms in total. The summed E-state index contributed by atoms with van der Waals surface area (Å²) in [6.07, 6.45) is 0.0438. The summed E-state index contributed by atoms with van der Waals surface area (Å²) in [5.41, 5.74) is 5.10. The molecule has 0 spiro atoms. The topological polar surface area (TPSA) is 183 Å². The summed E-state index contributed by atoms with van der Waals surface area (Å²) in [6.45, 7) is -0.107. The molecule has 1 aromatic rings. The van der Waals surface area contributed by atoms with Crippen LogP contribution >= 0.6 is 0 Å². The van der Waals surface area contributed by atoms with E-state index in [0.29, 0.717) is 0 Å². The number of imide groups is 2. The molecule has 0 aliphatic carbocycles. The number of nitrogens with one attached hydrogen (secondary N) is 2. The van der Waals surface area contributed by atoms with Crippen molar-refractivity contribution >= 4 is 35.5 Å². The first-order chi connectivity index (χ1) is 16.3. The fraction of sp³-hybridized carbons (Fsp3) is 0.429. The Balaban J connectivity index is 1.50. The van der Waals surface area contributed by atoms with Crippen molar-refractivity contribution in [1.29, 1.82) is 0 Å². The lowest BCUT2D eigenvalue weighted by atomic mass is 10.0. The number of carbonyl (C=O) groups is 6. The Morgan fingerprint density at radius 3 is 2.65 bits per heavy atom. The van der Waals surface area contributed by atoms with E-state index in [9.17, 15) is 28.8 Å². The highest BCUT2D eigenvalue weighted by atomic mass is 16.6. The molecule has 0 radical (unpaired) electrons. The Bertz CT molecular complexity index is 1010. The normalized spacial score (nSPS) is 17.3. The third-order valence-corrected chi connectivity index (χ3v) is 5.01. The van der Waals surface area contributed by atoms with Gasteiger partial charge in [-0.3, -0.25) is 39.0 Å². The number of fused-ring (bicyclic) bond motifs is 1. The molecule has 2 heterocycles. The van der Waals surface area contributed by atoms with Crippen LogP contribution in [0.15, 0.2) is 18.2 Å². The van der Waals surface area contributed by atoms with Gasteiger partial charge < -0.3 is 25.3 Å². The SMILES string of the molecule is NCC(=O)OCCOCCNC(=O)COc1cccc2c1C(=O)N(C1CCC(=O)NC1=O)C2=O. The number of amides is 5. The zero-order valence-electron chi connectivity index (χ0n) is 18.2. The second-order valence-corrected chi connectivity index (χ2v) is 7.30. The van der Waals surface area contributed by atoms with Crippen LogP contribution in [-0.2, 0) is 28.7 Å². The van der Waals surface area contributed by atoms with Crippen LogP contribution in [0.1, 0.15) is 33.6 Å². The predicted octanol–water partition coefficient (Wildman–Crippen LogP) is -1.90. The van der Waals surface area contributed by atoms with E-state index in [4.69, 9.17) is 19.9 Å². The van der Waals surface area contributed by atoms with Gasteiger partial charge in [-0.15, -0.1) is 0 Å². The van der Waals surface area contributed by atoms with E-state index in [1.807, 2.05) is 0 Å².